The molecule has 26 heavy (non-hydrogen) atoms. The van der Waals surface area contributed by atoms with Crippen LogP contribution in [0.15, 0.2) is 54.6 Å². The second-order valence-electron chi connectivity index (χ2n) is 6.06. The quantitative estimate of drug-likeness (QED) is 0.620. The zero-order valence-electron chi connectivity index (χ0n) is 14.5. The molecule has 0 fully saturated rings. The molecule has 132 valence electrons. The van der Waals surface area contributed by atoms with Gasteiger partial charge >= 0.3 is 0 Å². The van der Waals surface area contributed by atoms with E-state index in [1.807, 2.05) is 36.4 Å². The third-order valence-corrected chi connectivity index (χ3v) is 4.22. The number of halogens is 1. The molecule has 0 spiro atoms. The van der Waals surface area contributed by atoms with Crippen LogP contribution in [-0.2, 0) is 11.2 Å². The predicted octanol–water partition coefficient (Wildman–Crippen LogP) is 5.07. The number of carbonyl (C=O) groups is 1. The van der Waals surface area contributed by atoms with Crippen LogP contribution in [0, 0.1) is 0 Å². The number of aromatic nitrogens is 1. The molecule has 0 saturated heterocycles. The molecule has 0 atom stereocenters. The molecular weight excluding hydrogens is 346 g/mol. The van der Waals surface area contributed by atoms with Crippen molar-refractivity contribution in [1.29, 1.82) is 0 Å². The van der Waals surface area contributed by atoms with E-state index in [-0.39, 0.29) is 5.91 Å². The van der Waals surface area contributed by atoms with Crippen molar-refractivity contribution < 1.29 is 4.79 Å². The molecule has 3 N–H and O–H groups in total. The van der Waals surface area contributed by atoms with Crippen molar-refractivity contribution >= 4 is 45.9 Å². The van der Waals surface area contributed by atoms with Gasteiger partial charge in [-0.3, -0.25) is 9.78 Å². The monoisotopic (exact) mass is 365 g/mol. The van der Waals surface area contributed by atoms with Crippen LogP contribution in [0.25, 0.3) is 17.0 Å². The average molecular weight is 366 g/mol. The number of rotatable bonds is 5. The summed E-state index contributed by atoms with van der Waals surface area (Å²) in [6.07, 6.45) is 5.14. The first-order valence-electron chi connectivity index (χ1n) is 8.49. The Labute approximate surface area is 157 Å². The Morgan fingerprint density at radius 2 is 1.96 bits per heavy atom. The Kier molecular flexibility index (Phi) is 5.54. The summed E-state index contributed by atoms with van der Waals surface area (Å²) in [5.74, 6) is -0.214. The predicted molar refractivity (Wildman–Crippen MR) is 109 cm³/mol. The van der Waals surface area contributed by atoms with Gasteiger partial charge in [0.2, 0.25) is 5.91 Å². The standard InChI is InChI=1S/C21H20ClN3O/c1-2-3-16-13-19(23)18-12-17(9-10-20(18)24-16)25-21(26)11-6-14-4-7-15(22)8-5-14/h4-13H,2-3H2,1H3,(H2,23,24)(H,25,26). The first kappa shape index (κ1) is 18.0. The van der Waals surface area contributed by atoms with Crippen molar-refractivity contribution in [3.05, 3.63) is 70.9 Å². The fourth-order valence-electron chi connectivity index (χ4n) is 2.70. The minimum Gasteiger partial charge on any atom is -0.398 e. The van der Waals surface area contributed by atoms with Gasteiger partial charge in [-0.15, -0.1) is 0 Å². The lowest BCUT2D eigenvalue weighted by atomic mass is 10.1. The highest BCUT2D eigenvalue weighted by atomic mass is 35.5. The van der Waals surface area contributed by atoms with Crippen LogP contribution in [0.2, 0.25) is 5.02 Å². The topological polar surface area (TPSA) is 68.0 Å². The van der Waals surface area contributed by atoms with E-state index in [0.717, 1.165) is 35.0 Å². The third kappa shape index (κ3) is 4.41. The van der Waals surface area contributed by atoms with E-state index in [4.69, 9.17) is 17.3 Å². The summed E-state index contributed by atoms with van der Waals surface area (Å²) in [4.78, 5) is 16.8. The number of benzene rings is 2. The van der Waals surface area contributed by atoms with Gasteiger partial charge in [-0.05, 0) is 54.5 Å². The maximum absolute atomic E-state index is 12.1. The first-order valence-corrected chi connectivity index (χ1v) is 8.87. The van der Waals surface area contributed by atoms with Crippen molar-refractivity contribution in [3.8, 4) is 0 Å². The Bertz CT molecular complexity index is 965. The Balaban J connectivity index is 1.75. The first-order chi connectivity index (χ1) is 12.5. The van der Waals surface area contributed by atoms with E-state index in [1.165, 1.54) is 6.08 Å². The van der Waals surface area contributed by atoms with Crippen molar-refractivity contribution in [2.24, 2.45) is 0 Å². The zero-order chi connectivity index (χ0) is 18.5. The molecule has 0 aliphatic heterocycles. The Hall–Kier alpha value is -2.85. The number of amides is 1. The van der Waals surface area contributed by atoms with Crippen LogP contribution in [0.4, 0.5) is 11.4 Å². The third-order valence-electron chi connectivity index (χ3n) is 3.96. The molecule has 0 unspecified atom stereocenters. The molecule has 0 aliphatic carbocycles. The van der Waals surface area contributed by atoms with Crippen LogP contribution in [0.1, 0.15) is 24.6 Å². The molecule has 1 aromatic heterocycles. The molecular formula is C21H20ClN3O. The minimum atomic E-state index is -0.214. The van der Waals surface area contributed by atoms with Crippen LogP contribution in [-0.4, -0.2) is 10.9 Å². The molecule has 1 amide bonds. The summed E-state index contributed by atoms with van der Waals surface area (Å²) in [6, 6.07) is 14.7. The molecule has 0 saturated carbocycles. The second kappa shape index (κ2) is 8.02. The number of nitrogens with two attached hydrogens (primary N) is 1. The summed E-state index contributed by atoms with van der Waals surface area (Å²) < 4.78 is 0. The number of fused-ring (bicyclic) bond motifs is 1. The summed E-state index contributed by atoms with van der Waals surface area (Å²) >= 11 is 5.85. The van der Waals surface area contributed by atoms with Crippen LogP contribution in [0.5, 0.6) is 0 Å². The normalized spacial score (nSPS) is 11.2. The molecule has 1 heterocycles. The van der Waals surface area contributed by atoms with Gasteiger partial charge in [0.05, 0.1) is 5.52 Å². The number of nitrogens with zero attached hydrogens (tertiary/aromatic N) is 1. The van der Waals surface area contributed by atoms with Crippen LogP contribution in [0.3, 0.4) is 0 Å². The number of hydrogen-bond donors (Lipinski definition) is 2. The van der Waals surface area contributed by atoms with Gasteiger partial charge < -0.3 is 11.1 Å². The maximum atomic E-state index is 12.1. The second-order valence-corrected chi connectivity index (χ2v) is 6.50. The summed E-state index contributed by atoms with van der Waals surface area (Å²) in [5.41, 5.74) is 10.2. The smallest absolute Gasteiger partial charge is 0.248 e. The van der Waals surface area contributed by atoms with E-state index >= 15 is 0 Å². The summed E-state index contributed by atoms with van der Waals surface area (Å²) in [5, 5.41) is 4.35. The summed E-state index contributed by atoms with van der Waals surface area (Å²) in [7, 11) is 0. The number of nitrogens with one attached hydrogen (secondary N) is 1. The number of hydrogen-bond acceptors (Lipinski definition) is 3. The van der Waals surface area contributed by atoms with Crippen molar-refractivity contribution in [2.75, 3.05) is 11.1 Å². The van der Waals surface area contributed by atoms with Gasteiger partial charge in [-0.1, -0.05) is 37.1 Å². The highest BCUT2D eigenvalue weighted by Crippen LogP contribution is 2.24. The van der Waals surface area contributed by atoms with Gasteiger partial charge in [0.1, 0.15) is 0 Å². The highest BCUT2D eigenvalue weighted by molar-refractivity contribution is 6.30. The van der Waals surface area contributed by atoms with E-state index in [9.17, 15) is 4.79 Å². The molecule has 0 bridgehead atoms. The lowest BCUT2D eigenvalue weighted by Gasteiger charge is -2.08. The zero-order valence-corrected chi connectivity index (χ0v) is 15.3. The lowest BCUT2D eigenvalue weighted by Crippen LogP contribution is -2.08. The van der Waals surface area contributed by atoms with E-state index < -0.39 is 0 Å². The fraction of sp³-hybridized carbons (Fsp3) is 0.143. The highest BCUT2D eigenvalue weighted by Gasteiger charge is 2.06. The van der Waals surface area contributed by atoms with Gasteiger partial charge in [0, 0.05) is 33.6 Å². The van der Waals surface area contributed by atoms with Gasteiger partial charge in [-0.25, -0.2) is 0 Å². The van der Waals surface area contributed by atoms with Crippen LogP contribution >= 0.6 is 11.6 Å². The molecule has 3 aromatic rings. The molecule has 0 aliphatic rings. The molecule has 3 rings (SSSR count). The lowest BCUT2D eigenvalue weighted by molar-refractivity contribution is -0.111. The minimum absolute atomic E-state index is 0.214. The summed E-state index contributed by atoms with van der Waals surface area (Å²) in [6.45, 7) is 2.11. The number of aryl methyl sites for hydroxylation is 1. The van der Waals surface area contributed by atoms with Crippen LogP contribution < -0.4 is 11.1 Å². The Morgan fingerprint density at radius 1 is 1.19 bits per heavy atom. The van der Waals surface area contributed by atoms with Crippen molar-refractivity contribution in [3.63, 3.8) is 0 Å². The molecule has 2 aromatic carbocycles. The average Bonchev–Trinajstić information content (AvgIpc) is 2.62. The van der Waals surface area contributed by atoms with Gasteiger partial charge in [0.15, 0.2) is 0 Å². The molecule has 5 heteroatoms. The van der Waals surface area contributed by atoms with E-state index in [0.29, 0.717) is 16.4 Å². The molecule has 4 nitrogen and oxygen atoms in total. The van der Waals surface area contributed by atoms with Crippen molar-refractivity contribution in [2.45, 2.75) is 19.8 Å². The van der Waals surface area contributed by atoms with E-state index in [1.54, 1.807) is 18.2 Å². The maximum Gasteiger partial charge on any atom is 0.248 e. The number of carbonyl (C=O) groups excluding carboxylic acids is 1. The number of anilines is 2. The van der Waals surface area contributed by atoms with Gasteiger partial charge in [-0.2, -0.15) is 0 Å². The van der Waals surface area contributed by atoms with Gasteiger partial charge in [0.25, 0.3) is 0 Å². The Morgan fingerprint density at radius 3 is 2.69 bits per heavy atom. The van der Waals surface area contributed by atoms with E-state index in [2.05, 4.69) is 17.2 Å². The fourth-order valence-corrected chi connectivity index (χ4v) is 2.83. The largest absolute Gasteiger partial charge is 0.398 e. The SMILES string of the molecule is CCCc1cc(N)c2cc(NC(=O)C=Cc3ccc(Cl)cc3)ccc2n1. The van der Waals surface area contributed by atoms with Crippen molar-refractivity contribution in [1.82, 2.24) is 4.98 Å². The number of nitrogen functional groups attached to an aromatic ring is 1. The molecule has 0 radical (unpaired) electrons. The number of pyridine rings is 1.